The maximum atomic E-state index is 11.3. The quantitative estimate of drug-likeness (QED) is 0.892. The largest absolute Gasteiger partial charge is 0.496 e. The molecule has 0 saturated heterocycles. The van der Waals surface area contributed by atoms with Crippen LogP contribution in [0.5, 0.6) is 5.75 Å². The monoisotopic (exact) mass is 288 g/mol. The van der Waals surface area contributed by atoms with E-state index in [2.05, 4.69) is 19.1 Å². The van der Waals surface area contributed by atoms with E-state index in [0.717, 1.165) is 28.9 Å². The van der Waals surface area contributed by atoms with Crippen molar-refractivity contribution < 1.29 is 9.84 Å². The van der Waals surface area contributed by atoms with Gasteiger partial charge < -0.3 is 9.84 Å². The fourth-order valence-corrected chi connectivity index (χ4v) is 5.72. The average molecular weight is 288 g/mol. The van der Waals surface area contributed by atoms with Gasteiger partial charge in [-0.15, -0.1) is 11.3 Å². The predicted octanol–water partition coefficient (Wildman–Crippen LogP) is 4.31. The van der Waals surface area contributed by atoms with E-state index in [9.17, 15) is 5.11 Å². The van der Waals surface area contributed by atoms with Crippen LogP contribution in [-0.4, -0.2) is 12.2 Å². The lowest BCUT2D eigenvalue weighted by atomic mass is 9.72. The first-order valence-electron chi connectivity index (χ1n) is 7.35. The molecule has 1 aromatic carbocycles. The number of fused-ring (bicyclic) bond motifs is 3. The predicted molar refractivity (Wildman–Crippen MR) is 82.3 cm³/mol. The number of thiophene rings is 1. The molecule has 3 heteroatoms. The maximum Gasteiger partial charge on any atom is 0.127 e. The van der Waals surface area contributed by atoms with Gasteiger partial charge in [0.25, 0.3) is 0 Å². The van der Waals surface area contributed by atoms with Crippen molar-refractivity contribution in [3.63, 3.8) is 0 Å². The highest BCUT2D eigenvalue weighted by Crippen LogP contribution is 2.64. The van der Waals surface area contributed by atoms with E-state index in [0.29, 0.717) is 5.92 Å². The van der Waals surface area contributed by atoms with Gasteiger partial charge in [0, 0.05) is 20.4 Å². The Bertz CT molecular complexity index is 677. The van der Waals surface area contributed by atoms with Crippen LogP contribution in [0, 0.1) is 11.3 Å². The first-order chi connectivity index (χ1) is 9.56. The van der Waals surface area contributed by atoms with Gasteiger partial charge in [0.15, 0.2) is 0 Å². The van der Waals surface area contributed by atoms with Gasteiger partial charge in [-0.2, -0.15) is 0 Å². The van der Waals surface area contributed by atoms with E-state index >= 15 is 0 Å². The summed E-state index contributed by atoms with van der Waals surface area (Å²) in [5.41, 5.74) is -0.573. The number of aliphatic hydroxyl groups is 1. The summed E-state index contributed by atoms with van der Waals surface area (Å²) in [5.74, 6) is 1.61. The van der Waals surface area contributed by atoms with E-state index in [4.69, 9.17) is 4.74 Å². The van der Waals surface area contributed by atoms with Gasteiger partial charge in [-0.1, -0.05) is 13.0 Å². The van der Waals surface area contributed by atoms with Gasteiger partial charge in [-0.3, -0.25) is 0 Å². The summed E-state index contributed by atoms with van der Waals surface area (Å²) in [5, 5.41) is 12.5. The summed E-state index contributed by atoms with van der Waals surface area (Å²) in [4.78, 5) is 1.13. The van der Waals surface area contributed by atoms with Crippen LogP contribution < -0.4 is 4.74 Å². The Morgan fingerprint density at radius 1 is 1.35 bits per heavy atom. The van der Waals surface area contributed by atoms with E-state index in [1.54, 1.807) is 18.4 Å². The number of methoxy groups -OCH3 is 1. The van der Waals surface area contributed by atoms with Crippen LogP contribution in [0.3, 0.4) is 0 Å². The molecule has 20 heavy (non-hydrogen) atoms. The van der Waals surface area contributed by atoms with Crippen molar-refractivity contribution in [2.24, 2.45) is 11.3 Å². The topological polar surface area (TPSA) is 29.5 Å². The van der Waals surface area contributed by atoms with Crippen LogP contribution in [-0.2, 0) is 5.60 Å². The highest BCUT2D eigenvalue weighted by molar-refractivity contribution is 7.19. The molecule has 3 unspecified atom stereocenters. The molecule has 0 radical (unpaired) electrons. The second-order valence-corrected chi connectivity index (χ2v) is 7.80. The zero-order valence-corrected chi connectivity index (χ0v) is 12.8. The lowest BCUT2D eigenvalue weighted by molar-refractivity contribution is -0.0676. The molecule has 2 aliphatic rings. The molecule has 0 aliphatic heterocycles. The van der Waals surface area contributed by atoms with E-state index in [-0.39, 0.29) is 5.41 Å². The fourth-order valence-electron chi connectivity index (χ4n) is 4.39. The summed E-state index contributed by atoms with van der Waals surface area (Å²) < 4.78 is 6.66. The zero-order valence-electron chi connectivity index (χ0n) is 12.0. The van der Waals surface area contributed by atoms with Crippen molar-refractivity contribution in [3.05, 3.63) is 29.1 Å². The van der Waals surface area contributed by atoms with Crippen molar-refractivity contribution in [2.75, 3.05) is 7.11 Å². The summed E-state index contributed by atoms with van der Waals surface area (Å²) in [7, 11) is 1.71. The number of hydrogen-bond donors (Lipinski definition) is 1. The molecule has 2 nitrogen and oxygen atoms in total. The average Bonchev–Trinajstić information content (AvgIpc) is 3.08. The summed E-state index contributed by atoms with van der Waals surface area (Å²) >= 11 is 1.73. The molecule has 2 aromatic rings. The normalized spacial score (nSPS) is 35.9. The smallest absolute Gasteiger partial charge is 0.127 e. The Balaban J connectivity index is 1.87. The minimum absolute atomic E-state index is 0.0613. The molecule has 2 fully saturated rings. The number of rotatable bonds is 2. The molecular weight excluding hydrogens is 268 g/mol. The van der Waals surface area contributed by atoms with Crippen LogP contribution >= 0.6 is 11.3 Å². The third kappa shape index (κ3) is 1.48. The fraction of sp³-hybridized carbons (Fsp3) is 0.529. The Morgan fingerprint density at radius 2 is 2.20 bits per heavy atom. The van der Waals surface area contributed by atoms with Crippen molar-refractivity contribution in [1.82, 2.24) is 0 Å². The molecule has 0 spiro atoms. The summed E-state index contributed by atoms with van der Waals surface area (Å²) in [6.07, 6.45) is 4.54. The Labute approximate surface area is 123 Å². The Kier molecular flexibility index (Phi) is 2.52. The first kappa shape index (κ1) is 12.7. The van der Waals surface area contributed by atoms with Gasteiger partial charge >= 0.3 is 0 Å². The van der Waals surface area contributed by atoms with E-state index in [1.165, 1.54) is 17.5 Å². The van der Waals surface area contributed by atoms with Gasteiger partial charge in [0.1, 0.15) is 11.4 Å². The van der Waals surface area contributed by atoms with Crippen molar-refractivity contribution in [2.45, 2.75) is 38.2 Å². The minimum Gasteiger partial charge on any atom is -0.496 e. The summed E-state index contributed by atoms with van der Waals surface area (Å²) in [6.45, 7) is 2.27. The highest BCUT2D eigenvalue weighted by Gasteiger charge is 2.59. The molecule has 106 valence electrons. The third-order valence-electron chi connectivity index (χ3n) is 5.58. The van der Waals surface area contributed by atoms with Crippen molar-refractivity contribution in [3.8, 4) is 5.75 Å². The number of ether oxygens (including phenoxy) is 1. The van der Waals surface area contributed by atoms with Gasteiger partial charge in [0.05, 0.1) is 7.11 Å². The molecule has 2 bridgehead atoms. The third-order valence-corrected chi connectivity index (χ3v) is 6.83. The Hall–Kier alpha value is -1.06. The Morgan fingerprint density at radius 3 is 2.85 bits per heavy atom. The lowest BCUT2D eigenvalue weighted by Crippen LogP contribution is -2.39. The molecule has 4 rings (SSSR count). The van der Waals surface area contributed by atoms with Crippen LogP contribution in [0.4, 0.5) is 0 Å². The van der Waals surface area contributed by atoms with Gasteiger partial charge in [0.2, 0.25) is 0 Å². The lowest BCUT2D eigenvalue weighted by Gasteiger charge is -2.39. The van der Waals surface area contributed by atoms with Crippen LogP contribution in [0.2, 0.25) is 0 Å². The molecule has 3 atom stereocenters. The SMILES string of the molecule is COc1cccc2sc(C3(O)CC4CCC3(C)C4)cc12. The maximum absolute atomic E-state index is 11.3. The molecule has 1 N–H and O–H groups in total. The zero-order chi connectivity index (χ0) is 14.0. The standard InChI is InChI=1S/C17H20O2S/c1-16-7-6-11(9-16)10-17(16,18)15-8-12-13(19-2)4-3-5-14(12)20-15/h3-5,8,11,18H,6-7,9-10H2,1-2H3. The number of hydrogen-bond acceptors (Lipinski definition) is 3. The minimum atomic E-state index is -0.634. The summed E-state index contributed by atoms with van der Waals surface area (Å²) in [6, 6.07) is 8.29. The second-order valence-electron chi connectivity index (χ2n) is 6.72. The first-order valence-corrected chi connectivity index (χ1v) is 8.17. The van der Waals surface area contributed by atoms with E-state index < -0.39 is 5.60 Å². The molecule has 1 aromatic heterocycles. The van der Waals surface area contributed by atoms with Crippen LogP contribution in [0.25, 0.3) is 10.1 Å². The van der Waals surface area contributed by atoms with Crippen molar-refractivity contribution >= 4 is 21.4 Å². The van der Waals surface area contributed by atoms with Crippen molar-refractivity contribution in [1.29, 1.82) is 0 Å². The molecule has 2 aliphatic carbocycles. The van der Waals surface area contributed by atoms with Gasteiger partial charge in [-0.05, 0) is 49.8 Å². The molecule has 1 heterocycles. The molecule has 0 amide bonds. The van der Waals surface area contributed by atoms with E-state index in [1.807, 2.05) is 12.1 Å². The number of benzene rings is 1. The van der Waals surface area contributed by atoms with Crippen LogP contribution in [0.1, 0.15) is 37.5 Å². The van der Waals surface area contributed by atoms with Crippen LogP contribution in [0.15, 0.2) is 24.3 Å². The molecule has 2 saturated carbocycles. The van der Waals surface area contributed by atoms with Gasteiger partial charge in [-0.25, -0.2) is 0 Å². The highest BCUT2D eigenvalue weighted by atomic mass is 32.1. The molecular formula is C17H20O2S. The second kappa shape index (κ2) is 3.99.